The van der Waals surface area contributed by atoms with Crippen molar-refractivity contribution in [2.45, 2.75) is 13.5 Å². The van der Waals surface area contributed by atoms with E-state index < -0.39 is 0 Å². The number of nitrogens with zero attached hydrogens (tertiary/aromatic N) is 1. The summed E-state index contributed by atoms with van der Waals surface area (Å²) in [7, 11) is 0. The summed E-state index contributed by atoms with van der Waals surface area (Å²) in [6.45, 7) is 5.12. The van der Waals surface area contributed by atoms with Crippen LogP contribution in [-0.4, -0.2) is 17.8 Å². The molecule has 1 aliphatic heterocycles. The van der Waals surface area contributed by atoms with Gasteiger partial charge in [0, 0.05) is 23.7 Å². The third kappa shape index (κ3) is 1.45. The summed E-state index contributed by atoms with van der Waals surface area (Å²) in [4.78, 5) is 0. The minimum absolute atomic E-state index is 0.335. The van der Waals surface area contributed by atoms with Crippen LogP contribution in [0.5, 0.6) is 0 Å². The maximum absolute atomic E-state index is 5.29. The van der Waals surface area contributed by atoms with Gasteiger partial charge in [-0.3, -0.25) is 0 Å². The number of para-hydroxylation sites is 1. The second kappa shape index (κ2) is 3.11. The van der Waals surface area contributed by atoms with Gasteiger partial charge in [0.2, 0.25) is 0 Å². The molecule has 1 aliphatic rings. The van der Waals surface area contributed by atoms with Crippen LogP contribution in [0.15, 0.2) is 36.5 Å². The quantitative estimate of drug-likeness (QED) is 0.728. The molecule has 0 bridgehead atoms. The lowest BCUT2D eigenvalue weighted by molar-refractivity contribution is -0.109. The number of rotatable bonds is 2. The highest BCUT2D eigenvalue weighted by atomic mass is 16.5. The molecule has 1 aromatic carbocycles. The van der Waals surface area contributed by atoms with Crippen molar-refractivity contribution < 1.29 is 4.74 Å². The summed E-state index contributed by atoms with van der Waals surface area (Å²) in [5, 5.41) is 1.32. The molecule has 0 saturated carbocycles. The van der Waals surface area contributed by atoms with E-state index in [9.17, 15) is 0 Å². The lowest BCUT2D eigenvalue weighted by atomic mass is 9.88. The van der Waals surface area contributed by atoms with Crippen LogP contribution in [0.4, 0.5) is 0 Å². The Kier molecular flexibility index (Phi) is 1.86. The fourth-order valence-electron chi connectivity index (χ4n) is 2.23. The predicted molar refractivity (Wildman–Crippen MR) is 60.9 cm³/mol. The van der Waals surface area contributed by atoms with E-state index in [2.05, 4.69) is 48.0 Å². The Hall–Kier alpha value is -1.28. The van der Waals surface area contributed by atoms with Crippen LogP contribution in [0.1, 0.15) is 6.92 Å². The zero-order valence-electron chi connectivity index (χ0n) is 8.94. The second-order valence-electron chi connectivity index (χ2n) is 4.81. The molecular formula is C13H15NO. The Morgan fingerprint density at radius 3 is 2.80 bits per heavy atom. The van der Waals surface area contributed by atoms with Crippen molar-refractivity contribution in [1.82, 2.24) is 4.57 Å². The molecule has 1 fully saturated rings. The lowest BCUT2D eigenvalue weighted by Crippen LogP contribution is -2.42. The van der Waals surface area contributed by atoms with Gasteiger partial charge in [0.1, 0.15) is 0 Å². The Morgan fingerprint density at radius 2 is 2.07 bits per heavy atom. The molecule has 0 unspecified atom stereocenters. The van der Waals surface area contributed by atoms with Gasteiger partial charge in [-0.15, -0.1) is 0 Å². The van der Waals surface area contributed by atoms with E-state index in [1.54, 1.807) is 0 Å². The van der Waals surface area contributed by atoms with Crippen molar-refractivity contribution in [2.24, 2.45) is 5.41 Å². The predicted octanol–water partition coefficient (Wildman–Crippen LogP) is 2.68. The monoisotopic (exact) mass is 201 g/mol. The van der Waals surface area contributed by atoms with Gasteiger partial charge in [0.25, 0.3) is 0 Å². The van der Waals surface area contributed by atoms with Gasteiger partial charge >= 0.3 is 0 Å². The molecule has 1 saturated heterocycles. The number of hydrogen-bond acceptors (Lipinski definition) is 1. The zero-order valence-corrected chi connectivity index (χ0v) is 8.94. The molecule has 2 aromatic rings. The van der Waals surface area contributed by atoms with Crippen molar-refractivity contribution in [1.29, 1.82) is 0 Å². The minimum atomic E-state index is 0.335. The number of aromatic nitrogens is 1. The number of fused-ring (bicyclic) bond motifs is 1. The highest BCUT2D eigenvalue weighted by Gasteiger charge is 2.33. The summed E-state index contributed by atoms with van der Waals surface area (Å²) in [5.74, 6) is 0. The zero-order chi connectivity index (χ0) is 10.3. The van der Waals surface area contributed by atoms with E-state index in [0.717, 1.165) is 19.8 Å². The molecule has 0 radical (unpaired) electrons. The number of benzene rings is 1. The van der Waals surface area contributed by atoms with Gasteiger partial charge in [-0.1, -0.05) is 25.1 Å². The molecule has 0 amide bonds. The van der Waals surface area contributed by atoms with Gasteiger partial charge < -0.3 is 9.30 Å². The lowest BCUT2D eigenvalue weighted by Gasteiger charge is -2.38. The standard InChI is InChI=1S/C13H15NO/c1-13(9-15-10-13)8-14-7-6-11-4-2-3-5-12(11)14/h2-7H,8-10H2,1H3. The summed E-state index contributed by atoms with van der Waals surface area (Å²) in [6, 6.07) is 10.7. The van der Waals surface area contributed by atoms with Crippen molar-refractivity contribution in [3.05, 3.63) is 36.5 Å². The Morgan fingerprint density at radius 1 is 1.27 bits per heavy atom. The van der Waals surface area contributed by atoms with Crippen molar-refractivity contribution >= 4 is 10.9 Å². The van der Waals surface area contributed by atoms with Crippen LogP contribution in [0.2, 0.25) is 0 Å². The molecule has 0 atom stereocenters. The Bertz CT molecular complexity index is 482. The van der Waals surface area contributed by atoms with Crippen LogP contribution < -0.4 is 0 Å². The SMILES string of the molecule is CC1(Cn2ccc3ccccc32)COC1. The fraction of sp³-hybridized carbons (Fsp3) is 0.385. The van der Waals surface area contributed by atoms with Crippen molar-refractivity contribution in [3.63, 3.8) is 0 Å². The largest absolute Gasteiger partial charge is 0.380 e. The van der Waals surface area contributed by atoms with E-state index in [-0.39, 0.29) is 0 Å². The second-order valence-corrected chi connectivity index (χ2v) is 4.81. The van der Waals surface area contributed by atoms with Crippen LogP contribution in [-0.2, 0) is 11.3 Å². The molecule has 15 heavy (non-hydrogen) atoms. The summed E-state index contributed by atoms with van der Waals surface area (Å²) < 4.78 is 7.62. The summed E-state index contributed by atoms with van der Waals surface area (Å²) in [6.07, 6.45) is 2.17. The summed E-state index contributed by atoms with van der Waals surface area (Å²) >= 11 is 0. The summed E-state index contributed by atoms with van der Waals surface area (Å²) in [5.41, 5.74) is 1.66. The fourth-order valence-corrected chi connectivity index (χ4v) is 2.23. The maximum Gasteiger partial charge on any atom is 0.0559 e. The molecule has 0 N–H and O–H groups in total. The maximum atomic E-state index is 5.29. The molecule has 2 heterocycles. The first-order chi connectivity index (χ1) is 7.27. The first-order valence-corrected chi connectivity index (χ1v) is 5.39. The molecule has 1 aromatic heterocycles. The normalized spacial score (nSPS) is 19.0. The van der Waals surface area contributed by atoms with Crippen molar-refractivity contribution in [3.8, 4) is 0 Å². The average Bonchev–Trinajstić information content (AvgIpc) is 2.60. The van der Waals surface area contributed by atoms with E-state index in [4.69, 9.17) is 4.74 Å². The van der Waals surface area contributed by atoms with Crippen LogP contribution in [0.25, 0.3) is 10.9 Å². The molecule has 2 nitrogen and oxygen atoms in total. The highest BCUT2D eigenvalue weighted by Crippen LogP contribution is 2.30. The van der Waals surface area contributed by atoms with Gasteiger partial charge in [0.15, 0.2) is 0 Å². The topological polar surface area (TPSA) is 14.2 Å². The molecule has 0 spiro atoms. The van der Waals surface area contributed by atoms with Crippen molar-refractivity contribution in [2.75, 3.05) is 13.2 Å². The van der Waals surface area contributed by atoms with E-state index in [0.29, 0.717) is 5.41 Å². The van der Waals surface area contributed by atoms with Crippen LogP contribution in [0.3, 0.4) is 0 Å². The molecule has 3 rings (SSSR count). The van der Waals surface area contributed by atoms with Crippen LogP contribution in [0, 0.1) is 5.41 Å². The first kappa shape index (κ1) is 8.98. The molecule has 78 valence electrons. The Balaban J connectivity index is 1.97. The molecule has 2 heteroatoms. The van der Waals surface area contributed by atoms with E-state index >= 15 is 0 Å². The van der Waals surface area contributed by atoms with Gasteiger partial charge in [-0.2, -0.15) is 0 Å². The van der Waals surface area contributed by atoms with E-state index in [1.165, 1.54) is 10.9 Å². The Labute approximate surface area is 89.5 Å². The third-order valence-corrected chi connectivity index (χ3v) is 3.13. The first-order valence-electron chi connectivity index (χ1n) is 5.39. The van der Waals surface area contributed by atoms with Crippen LogP contribution >= 0.6 is 0 Å². The smallest absolute Gasteiger partial charge is 0.0559 e. The minimum Gasteiger partial charge on any atom is -0.380 e. The van der Waals surface area contributed by atoms with Gasteiger partial charge in [-0.05, 0) is 17.5 Å². The molecule has 0 aliphatic carbocycles. The van der Waals surface area contributed by atoms with Gasteiger partial charge in [-0.25, -0.2) is 0 Å². The number of ether oxygens (including phenoxy) is 1. The average molecular weight is 201 g/mol. The third-order valence-electron chi connectivity index (χ3n) is 3.13. The van der Waals surface area contributed by atoms with Gasteiger partial charge in [0.05, 0.1) is 13.2 Å². The highest BCUT2D eigenvalue weighted by molar-refractivity contribution is 5.79. The molecular weight excluding hydrogens is 186 g/mol. The van der Waals surface area contributed by atoms with E-state index in [1.807, 2.05) is 0 Å². The number of hydrogen-bond donors (Lipinski definition) is 0.